The number of pyridine rings is 2. The van der Waals surface area contributed by atoms with Crippen LogP contribution < -0.4 is 5.32 Å². The Morgan fingerprint density at radius 3 is 2.89 bits per heavy atom. The van der Waals surface area contributed by atoms with E-state index in [0.29, 0.717) is 38.4 Å². The van der Waals surface area contributed by atoms with Crippen LogP contribution in [0, 0.1) is 12.8 Å². The van der Waals surface area contributed by atoms with Gasteiger partial charge in [0.15, 0.2) is 0 Å². The standard InChI is InChI=1S/C29H30N4O2/c1-21-6-8-26(16-28(21)32-18-23-4-2-10-30-17-23)29(34)33-12-13-35-20-24(19-33)14-22-7-9-27-25(15-22)5-3-11-31-27/h2-11,15-17,24,32H,12-14,18-20H2,1H3. The molecule has 1 atom stereocenters. The van der Waals surface area contributed by atoms with Crippen molar-refractivity contribution in [3.05, 3.63) is 102 Å². The molecule has 4 aromatic rings. The van der Waals surface area contributed by atoms with Crippen molar-refractivity contribution in [2.75, 3.05) is 31.6 Å². The molecule has 1 aliphatic rings. The van der Waals surface area contributed by atoms with Crippen molar-refractivity contribution in [2.24, 2.45) is 5.92 Å². The first-order valence-electron chi connectivity index (χ1n) is 12.1. The summed E-state index contributed by atoms with van der Waals surface area (Å²) < 4.78 is 5.89. The quantitative estimate of drug-likeness (QED) is 0.439. The maximum absolute atomic E-state index is 13.5. The van der Waals surface area contributed by atoms with E-state index in [0.717, 1.165) is 34.1 Å². The summed E-state index contributed by atoms with van der Waals surface area (Å²) >= 11 is 0. The molecule has 1 unspecified atom stereocenters. The van der Waals surface area contributed by atoms with Gasteiger partial charge in [0.2, 0.25) is 0 Å². The molecule has 6 nitrogen and oxygen atoms in total. The fourth-order valence-corrected chi connectivity index (χ4v) is 4.60. The number of amides is 1. The third-order valence-electron chi connectivity index (χ3n) is 6.51. The van der Waals surface area contributed by atoms with E-state index in [1.54, 1.807) is 6.20 Å². The highest BCUT2D eigenvalue weighted by molar-refractivity contribution is 5.95. The Bertz CT molecular complexity index is 1310. The third kappa shape index (κ3) is 5.66. The molecule has 1 aliphatic heterocycles. The Hall–Kier alpha value is -3.77. The molecule has 5 rings (SSSR count). The minimum absolute atomic E-state index is 0.0487. The number of ether oxygens (including phenoxy) is 1. The Kier molecular flexibility index (Phi) is 7.00. The maximum Gasteiger partial charge on any atom is 0.254 e. The molecular formula is C29H30N4O2. The lowest BCUT2D eigenvalue weighted by Gasteiger charge is -2.24. The van der Waals surface area contributed by atoms with Crippen LogP contribution in [0.15, 0.2) is 79.3 Å². The van der Waals surface area contributed by atoms with Crippen LogP contribution in [0.25, 0.3) is 10.9 Å². The number of hydrogen-bond donors (Lipinski definition) is 1. The third-order valence-corrected chi connectivity index (χ3v) is 6.51. The lowest BCUT2D eigenvalue weighted by atomic mass is 9.98. The molecule has 0 saturated carbocycles. The van der Waals surface area contributed by atoms with Gasteiger partial charge >= 0.3 is 0 Å². The van der Waals surface area contributed by atoms with Gasteiger partial charge in [0, 0.05) is 60.8 Å². The Labute approximate surface area is 206 Å². The molecule has 6 heteroatoms. The van der Waals surface area contributed by atoms with Crippen LogP contribution >= 0.6 is 0 Å². The molecule has 3 heterocycles. The number of rotatable bonds is 6. The molecule has 0 aliphatic carbocycles. The predicted octanol–water partition coefficient (Wildman–Crippen LogP) is 4.88. The van der Waals surface area contributed by atoms with Crippen LogP contribution in [0.2, 0.25) is 0 Å². The van der Waals surface area contributed by atoms with Crippen LogP contribution in [0.3, 0.4) is 0 Å². The number of benzene rings is 2. The second-order valence-corrected chi connectivity index (χ2v) is 9.17. The van der Waals surface area contributed by atoms with E-state index in [1.807, 2.05) is 53.7 Å². The summed E-state index contributed by atoms with van der Waals surface area (Å²) in [4.78, 5) is 24.0. The highest BCUT2D eigenvalue weighted by Gasteiger charge is 2.24. The van der Waals surface area contributed by atoms with Gasteiger partial charge in [0.05, 0.1) is 18.7 Å². The smallest absolute Gasteiger partial charge is 0.254 e. The number of anilines is 1. The first-order valence-corrected chi connectivity index (χ1v) is 12.1. The van der Waals surface area contributed by atoms with Crippen LogP contribution in [0.4, 0.5) is 5.69 Å². The summed E-state index contributed by atoms with van der Waals surface area (Å²) in [6, 6.07) is 20.3. The van der Waals surface area contributed by atoms with Crippen molar-refractivity contribution in [3.8, 4) is 0 Å². The monoisotopic (exact) mass is 466 g/mol. The fraction of sp³-hybridized carbons (Fsp3) is 0.276. The number of nitrogens with one attached hydrogen (secondary N) is 1. The van der Waals surface area contributed by atoms with Crippen molar-refractivity contribution in [1.82, 2.24) is 14.9 Å². The van der Waals surface area contributed by atoms with Gasteiger partial charge in [0.1, 0.15) is 0 Å². The number of aromatic nitrogens is 2. The van der Waals surface area contributed by atoms with Gasteiger partial charge in [-0.1, -0.05) is 24.3 Å². The first-order chi connectivity index (χ1) is 17.2. The van der Waals surface area contributed by atoms with Crippen molar-refractivity contribution < 1.29 is 9.53 Å². The zero-order valence-corrected chi connectivity index (χ0v) is 20.0. The Morgan fingerprint density at radius 2 is 2.00 bits per heavy atom. The van der Waals surface area contributed by atoms with Crippen LogP contribution in [-0.4, -0.2) is 47.1 Å². The topological polar surface area (TPSA) is 67.4 Å². The summed E-state index contributed by atoms with van der Waals surface area (Å²) in [5.41, 5.74) is 6.10. The second kappa shape index (κ2) is 10.7. The Balaban J connectivity index is 1.28. The van der Waals surface area contributed by atoms with E-state index in [2.05, 4.69) is 46.5 Å². The average molecular weight is 467 g/mol. The number of nitrogens with zero attached hydrogens (tertiary/aromatic N) is 3. The molecule has 0 radical (unpaired) electrons. The fourth-order valence-electron chi connectivity index (χ4n) is 4.60. The SMILES string of the molecule is Cc1ccc(C(=O)N2CCOCC(Cc3ccc4ncccc4c3)C2)cc1NCc1cccnc1. The molecule has 0 spiro atoms. The molecule has 2 aromatic carbocycles. The Morgan fingerprint density at radius 1 is 1.09 bits per heavy atom. The lowest BCUT2D eigenvalue weighted by Crippen LogP contribution is -2.36. The minimum Gasteiger partial charge on any atom is -0.381 e. The maximum atomic E-state index is 13.5. The van der Waals surface area contributed by atoms with E-state index < -0.39 is 0 Å². The zero-order valence-electron chi connectivity index (χ0n) is 20.0. The molecule has 1 fully saturated rings. The van der Waals surface area contributed by atoms with Gasteiger partial charge in [0.25, 0.3) is 5.91 Å². The minimum atomic E-state index is 0.0487. The van der Waals surface area contributed by atoms with Gasteiger partial charge in [-0.15, -0.1) is 0 Å². The van der Waals surface area contributed by atoms with Gasteiger partial charge in [-0.2, -0.15) is 0 Å². The molecular weight excluding hydrogens is 436 g/mol. The van der Waals surface area contributed by atoms with Crippen molar-refractivity contribution in [2.45, 2.75) is 19.9 Å². The van der Waals surface area contributed by atoms with E-state index in [1.165, 1.54) is 5.56 Å². The molecule has 1 N–H and O–H groups in total. The highest BCUT2D eigenvalue weighted by atomic mass is 16.5. The van der Waals surface area contributed by atoms with Gasteiger partial charge in [-0.3, -0.25) is 14.8 Å². The summed E-state index contributed by atoms with van der Waals surface area (Å²) in [6.45, 7) is 5.20. The lowest BCUT2D eigenvalue weighted by molar-refractivity contribution is 0.0737. The summed E-state index contributed by atoms with van der Waals surface area (Å²) in [7, 11) is 0. The van der Waals surface area contributed by atoms with Crippen LogP contribution in [0.5, 0.6) is 0 Å². The van der Waals surface area contributed by atoms with E-state index in [9.17, 15) is 4.79 Å². The molecule has 35 heavy (non-hydrogen) atoms. The van der Waals surface area contributed by atoms with Gasteiger partial charge in [-0.25, -0.2) is 0 Å². The number of hydrogen-bond acceptors (Lipinski definition) is 5. The largest absolute Gasteiger partial charge is 0.381 e. The normalized spacial score (nSPS) is 16.1. The van der Waals surface area contributed by atoms with Gasteiger partial charge in [-0.05, 0) is 66.4 Å². The van der Waals surface area contributed by atoms with Crippen LogP contribution in [0.1, 0.15) is 27.0 Å². The van der Waals surface area contributed by atoms with Crippen LogP contribution in [-0.2, 0) is 17.7 Å². The number of fused-ring (bicyclic) bond motifs is 1. The van der Waals surface area contributed by atoms with Crippen molar-refractivity contribution >= 4 is 22.5 Å². The highest BCUT2D eigenvalue weighted by Crippen LogP contribution is 2.22. The molecule has 0 bridgehead atoms. The van der Waals surface area contributed by atoms with E-state index >= 15 is 0 Å². The van der Waals surface area contributed by atoms with Gasteiger partial charge < -0.3 is 15.0 Å². The summed E-state index contributed by atoms with van der Waals surface area (Å²) in [5.74, 6) is 0.289. The number of carbonyl (C=O) groups excluding carboxylic acids is 1. The average Bonchev–Trinajstić information content (AvgIpc) is 3.14. The van der Waals surface area contributed by atoms with E-state index in [4.69, 9.17) is 4.74 Å². The van der Waals surface area contributed by atoms with Crippen molar-refractivity contribution in [1.29, 1.82) is 0 Å². The summed E-state index contributed by atoms with van der Waals surface area (Å²) in [5, 5.41) is 4.59. The number of carbonyl (C=O) groups is 1. The summed E-state index contributed by atoms with van der Waals surface area (Å²) in [6.07, 6.45) is 6.29. The van der Waals surface area contributed by atoms with E-state index in [-0.39, 0.29) is 11.8 Å². The zero-order chi connectivity index (χ0) is 24.0. The molecule has 2 aromatic heterocycles. The molecule has 1 amide bonds. The number of aryl methyl sites for hydroxylation is 1. The molecule has 178 valence electrons. The van der Waals surface area contributed by atoms with Crippen molar-refractivity contribution in [3.63, 3.8) is 0 Å². The first kappa shape index (κ1) is 23.0. The predicted molar refractivity (Wildman–Crippen MR) is 138 cm³/mol. The second-order valence-electron chi connectivity index (χ2n) is 9.17. The molecule has 1 saturated heterocycles.